The number of nitrogens with one attached hydrogen (secondary N) is 1. The van der Waals surface area contributed by atoms with Crippen LogP contribution in [0.15, 0.2) is 24.3 Å². The van der Waals surface area contributed by atoms with Gasteiger partial charge in [-0.2, -0.15) is 0 Å². The van der Waals surface area contributed by atoms with E-state index in [0.717, 1.165) is 16.1 Å². The van der Waals surface area contributed by atoms with Gasteiger partial charge in [-0.25, -0.2) is 9.80 Å². The van der Waals surface area contributed by atoms with Crippen molar-refractivity contribution in [3.63, 3.8) is 0 Å². The van der Waals surface area contributed by atoms with Gasteiger partial charge in [0.2, 0.25) is 0 Å². The first kappa shape index (κ1) is 13.4. The molecular formula is C13H13ClN2O3. The summed E-state index contributed by atoms with van der Waals surface area (Å²) in [7, 11) is 0. The van der Waals surface area contributed by atoms with E-state index in [1.165, 1.54) is 6.08 Å². The molecule has 0 bridgehead atoms. The van der Waals surface area contributed by atoms with E-state index < -0.39 is 6.09 Å². The lowest BCUT2D eigenvalue weighted by molar-refractivity contribution is -0.119. The predicted octanol–water partition coefficient (Wildman–Crippen LogP) is 2.15. The molecule has 1 fully saturated rings. The molecule has 1 N–H and O–H groups in total. The van der Waals surface area contributed by atoms with Crippen molar-refractivity contribution in [1.82, 2.24) is 10.4 Å². The molecule has 0 aromatic heterocycles. The van der Waals surface area contributed by atoms with E-state index in [2.05, 4.69) is 5.43 Å². The third-order valence-electron chi connectivity index (χ3n) is 2.62. The summed E-state index contributed by atoms with van der Waals surface area (Å²) in [4.78, 5) is 22.7. The first-order valence-electron chi connectivity index (χ1n) is 5.75. The molecule has 0 unspecified atom stereocenters. The molecule has 2 amide bonds. The standard InChI is InChI=1S/C13H13ClN2O3/c1-9-8-10(2-4-11(9)14)3-5-12(17)15-16-6-7-19-13(16)18/h2-5,8H,6-7H2,1H3,(H,15,17)/b5-3+. The molecule has 100 valence electrons. The fourth-order valence-corrected chi connectivity index (χ4v) is 1.73. The summed E-state index contributed by atoms with van der Waals surface area (Å²) in [6.07, 6.45) is 2.47. The second-order valence-electron chi connectivity index (χ2n) is 4.08. The minimum Gasteiger partial charge on any atom is -0.446 e. The summed E-state index contributed by atoms with van der Waals surface area (Å²) in [5, 5.41) is 1.82. The number of amides is 2. The first-order chi connectivity index (χ1) is 9.06. The highest BCUT2D eigenvalue weighted by Crippen LogP contribution is 2.16. The first-order valence-corrected chi connectivity index (χ1v) is 6.13. The number of rotatable bonds is 3. The zero-order chi connectivity index (χ0) is 13.8. The molecular weight excluding hydrogens is 268 g/mol. The summed E-state index contributed by atoms with van der Waals surface area (Å²) in [5.74, 6) is -0.383. The number of carbonyl (C=O) groups is 2. The van der Waals surface area contributed by atoms with Gasteiger partial charge in [-0.1, -0.05) is 23.7 Å². The van der Waals surface area contributed by atoms with Crippen molar-refractivity contribution in [2.45, 2.75) is 6.92 Å². The summed E-state index contributed by atoms with van der Waals surface area (Å²) in [6.45, 7) is 2.54. The average Bonchev–Trinajstić information content (AvgIpc) is 2.77. The minimum absolute atomic E-state index is 0.291. The van der Waals surface area contributed by atoms with Gasteiger partial charge >= 0.3 is 6.09 Å². The molecule has 1 aromatic carbocycles. The van der Waals surface area contributed by atoms with E-state index in [-0.39, 0.29) is 5.91 Å². The molecule has 1 aliphatic heterocycles. The molecule has 0 radical (unpaired) electrons. The Morgan fingerprint density at radius 2 is 2.32 bits per heavy atom. The smallest absolute Gasteiger partial charge is 0.428 e. The highest BCUT2D eigenvalue weighted by Gasteiger charge is 2.22. The quantitative estimate of drug-likeness (QED) is 0.863. The monoisotopic (exact) mass is 280 g/mol. The number of benzene rings is 1. The van der Waals surface area contributed by atoms with Crippen LogP contribution in [0.5, 0.6) is 0 Å². The molecule has 19 heavy (non-hydrogen) atoms. The number of halogens is 1. The lowest BCUT2D eigenvalue weighted by atomic mass is 10.1. The number of hydrogen-bond acceptors (Lipinski definition) is 3. The Hall–Kier alpha value is -2.01. The number of aryl methyl sites for hydroxylation is 1. The summed E-state index contributed by atoms with van der Waals surface area (Å²) in [5.41, 5.74) is 4.23. The van der Waals surface area contributed by atoms with Crippen LogP contribution >= 0.6 is 11.6 Å². The van der Waals surface area contributed by atoms with Gasteiger partial charge in [0.25, 0.3) is 5.91 Å². The topological polar surface area (TPSA) is 58.6 Å². The van der Waals surface area contributed by atoms with Crippen LogP contribution in [0.1, 0.15) is 11.1 Å². The van der Waals surface area contributed by atoms with Gasteiger partial charge in [0, 0.05) is 11.1 Å². The van der Waals surface area contributed by atoms with Gasteiger partial charge in [0.1, 0.15) is 6.61 Å². The molecule has 1 heterocycles. The predicted molar refractivity (Wildman–Crippen MR) is 71.4 cm³/mol. The Bertz CT molecular complexity index is 543. The van der Waals surface area contributed by atoms with Crippen LogP contribution in [0.3, 0.4) is 0 Å². The normalized spacial score (nSPS) is 14.8. The van der Waals surface area contributed by atoms with Crippen LogP contribution in [-0.2, 0) is 9.53 Å². The van der Waals surface area contributed by atoms with E-state index in [1.54, 1.807) is 12.1 Å². The van der Waals surface area contributed by atoms with E-state index >= 15 is 0 Å². The Labute approximate surface area is 115 Å². The van der Waals surface area contributed by atoms with Gasteiger partial charge in [-0.3, -0.25) is 10.2 Å². The molecule has 1 aromatic rings. The fraction of sp³-hybridized carbons (Fsp3) is 0.231. The van der Waals surface area contributed by atoms with Crippen LogP contribution in [0, 0.1) is 6.92 Å². The van der Waals surface area contributed by atoms with Gasteiger partial charge in [0.05, 0.1) is 6.54 Å². The van der Waals surface area contributed by atoms with Gasteiger partial charge < -0.3 is 4.74 Å². The van der Waals surface area contributed by atoms with Crippen molar-refractivity contribution < 1.29 is 14.3 Å². The van der Waals surface area contributed by atoms with Crippen molar-refractivity contribution in [1.29, 1.82) is 0 Å². The number of nitrogens with zero attached hydrogens (tertiary/aromatic N) is 1. The Kier molecular flexibility index (Phi) is 4.06. The summed E-state index contributed by atoms with van der Waals surface area (Å²) in [6, 6.07) is 5.45. The third-order valence-corrected chi connectivity index (χ3v) is 3.04. The average molecular weight is 281 g/mol. The minimum atomic E-state index is -0.538. The van der Waals surface area contributed by atoms with Crippen molar-refractivity contribution in [2.24, 2.45) is 0 Å². The molecule has 1 saturated heterocycles. The zero-order valence-corrected chi connectivity index (χ0v) is 11.1. The molecule has 0 spiro atoms. The van der Waals surface area contributed by atoms with Crippen LogP contribution in [0.25, 0.3) is 6.08 Å². The lowest BCUT2D eigenvalue weighted by Gasteiger charge is -2.11. The molecule has 0 aliphatic carbocycles. The Morgan fingerprint density at radius 1 is 1.53 bits per heavy atom. The highest BCUT2D eigenvalue weighted by atomic mass is 35.5. The summed E-state index contributed by atoms with van der Waals surface area (Å²) < 4.78 is 4.69. The van der Waals surface area contributed by atoms with E-state index in [4.69, 9.17) is 16.3 Å². The van der Waals surface area contributed by atoms with Crippen LogP contribution in [0.4, 0.5) is 4.79 Å². The van der Waals surface area contributed by atoms with Crippen molar-refractivity contribution >= 4 is 29.7 Å². The SMILES string of the molecule is Cc1cc(/C=C/C(=O)NN2CCOC2=O)ccc1Cl. The van der Waals surface area contributed by atoms with Crippen molar-refractivity contribution in [2.75, 3.05) is 13.2 Å². The van der Waals surface area contributed by atoms with E-state index in [9.17, 15) is 9.59 Å². The third kappa shape index (κ3) is 3.48. The van der Waals surface area contributed by atoms with Crippen LogP contribution in [-0.4, -0.2) is 30.2 Å². The Morgan fingerprint density at radius 3 is 2.95 bits per heavy atom. The number of hydrazine groups is 1. The second kappa shape index (κ2) is 5.75. The number of hydrogen-bond donors (Lipinski definition) is 1. The highest BCUT2D eigenvalue weighted by molar-refractivity contribution is 6.31. The second-order valence-corrected chi connectivity index (χ2v) is 4.49. The van der Waals surface area contributed by atoms with Gasteiger partial charge in [0.15, 0.2) is 0 Å². The van der Waals surface area contributed by atoms with Crippen molar-refractivity contribution in [3.8, 4) is 0 Å². The molecule has 1 aliphatic rings. The Balaban J connectivity index is 1.96. The molecule has 0 atom stereocenters. The van der Waals surface area contributed by atoms with Gasteiger partial charge in [-0.05, 0) is 30.2 Å². The molecule has 6 heteroatoms. The van der Waals surface area contributed by atoms with Crippen LogP contribution in [0.2, 0.25) is 5.02 Å². The van der Waals surface area contributed by atoms with Crippen molar-refractivity contribution in [3.05, 3.63) is 40.4 Å². The molecule has 2 rings (SSSR count). The number of ether oxygens (including phenoxy) is 1. The van der Waals surface area contributed by atoms with Crippen LogP contribution < -0.4 is 5.43 Å². The van der Waals surface area contributed by atoms with Gasteiger partial charge in [-0.15, -0.1) is 0 Å². The molecule has 0 saturated carbocycles. The lowest BCUT2D eigenvalue weighted by Crippen LogP contribution is -2.41. The van der Waals surface area contributed by atoms with E-state index in [1.807, 2.05) is 19.1 Å². The molecule has 5 nitrogen and oxygen atoms in total. The zero-order valence-electron chi connectivity index (χ0n) is 10.4. The maximum Gasteiger partial charge on any atom is 0.428 e. The number of carbonyl (C=O) groups excluding carboxylic acids is 2. The summed E-state index contributed by atoms with van der Waals surface area (Å²) >= 11 is 5.91. The maximum atomic E-state index is 11.6. The largest absolute Gasteiger partial charge is 0.446 e. The maximum absolute atomic E-state index is 11.6. The van der Waals surface area contributed by atoms with E-state index in [0.29, 0.717) is 18.2 Å². The number of cyclic esters (lactones) is 1. The fourth-order valence-electron chi connectivity index (χ4n) is 1.61.